The molecule has 2 N–H and O–H groups in total. The predicted molar refractivity (Wildman–Crippen MR) is 61.8 cm³/mol. The van der Waals surface area contributed by atoms with Crippen molar-refractivity contribution in [2.75, 3.05) is 19.7 Å². The third kappa shape index (κ3) is 3.09. The normalized spacial score (nSPS) is 11.9. The molecular weight excluding hydrogens is 262 g/mol. The Morgan fingerprint density at radius 3 is 2.50 bits per heavy atom. The molecule has 0 aromatic carbocycles. The maximum absolute atomic E-state index is 12.1. The molecule has 0 bridgehead atoms. The van der Waals surface area contributed by atoms with E-state index in [1.807, 2.05) is 0 Å². The summed E-state index contributed by atoms with van der Waals surface area (Å²) in [6.45, 7) is 1.65. The van der Waals surface area contributed by atoms with Gasteiger partial charge in [0.2, 0.25) is 10.9 Å². The molecule has 0 atom stereocenters. The zero-order valence-electron chi connectivity index (χ0n) is 9.87. The summed E-state index contributed by atoms with van der Waals surface area (Å²) in [5.41, 5.74) is 0. The van der Waals surface area contributed by atoms with Crippen molar-refractivity contribution >= 4 is 16.0 Å². The van der Waals surface area contributed by atoms with E-state index in [-0.39, 0.29) is 19.7 Å². The summed E-state index contributed by atoms with van der Waals surface area (Å²) in [5, 5.41) is 17.1. The van der Waals surface area contributed by atoms with E-state index in [0.717, 1.165) is 16.4 Å². The molecule has 0 unspecified atom stereocenters. The number of hydrogen-bond donors (Lipinski definition) is 2. The summed E-state index contributed by atoms with van der Waals surface area (Å²) < 4.78 is 30.0. The van der Waals surface area contributed by atoms with Gasteiger partial charge in [-0.05, 0) is 18.6 Å². The lowest BCUT2D eigenvalue weighted by molar-refractivity contribution is 0.0656. The number of aliphatic hydroxyl groups is 1. The molecule has 1 rings (SSSR count). The largest absolute Gasteiger partial charge is 0.475 e. The van der Waals surface area contributed by atoms with E-state index in [1.165, 1.54) is 0 Å². The lowest BCUT2D eigenvalue weighted by Crippen LogP contribution is -2.34. The van der Waals surface area contributed by atoms with Crippen LogP contribution in [0.5, 0.6) is 0 Å². The third-order valence-corrected chi connectivity index (χ3v) is 3.98. The minimum Gasteiger partial charge on any atom is -0.475 e. The molecule has 0 fully saturated rings. The lowest BCUT2D eigenvalue weighted by Gasteiger charge is -2.18. The van der Waals surface area contributed by atoms with Crippen molar-refractivity contribution in [1.82, 2.24) is 4.31 Å². The number of furan rings is 1. The second kappa shape index (κ2) is 5.98. The smallest absolute Gasteiger partial charge is 0.371 e. The van der Waals surface area contributed by atoms with Gasteiger partial charge in [-0.25, -0.2) is 13.2 Å². The molecule has 1 aromatic rings. The average Bonchev–Trinajstić information content (AvgIpc) is 2.78. The van der Waals surface area contributed by atoms with E-state index < -0.39 is 26.8 Å². The Morgan fingerprint density at radius 1 is 1.39 bits per heavy atom. The molecule has 1 aromatic heterocycles. The van der Waals surface area contributed by atoms with Crippen molar-refractivity contribution in [2.45, 2.75) is 18.4 Å². The van der Waals surface area contributed by atoms with E-state index in [9.17, 15) is 13.2 Å². The highest BCUT2D eigenvalue weighted by atomic mass is 32.2. The summed E-state index contributed by atoms with van der Waals surface area (Å²) >= 11 is 0. The van der Waals surface area contributed by atoms with Crippen LogP contribution in [0.2, 0.25) is 0 Å². The van der Waals surface area contributed by atoms with Gasteiger partial charge in [0.25, 0.3) is 10.0 Å². The topological polar surface area (TPSA) is 108 Å². The number of hydrogen-bond acceptors (Lipinski definition) is 5. The first-order valence-corrected chi connectivity index (χ1v) is 6.81. The van der Waals surface area contributed by atoms with Crippen LogP contribution in [0.4, 0.5) is 0 Å². The van der Waals surface area contributed by atoms with E-state index in [2.05, 4.69) is 0 Å². The van der Waals surface area contributed by atoms with Crippen LogP contribution in [0.25, 0.3) is 0 Å². The number of rotatable bonds is 7. The highest BCUT2D eigenvalue weighted by Gasteiger charge is 2.27. The second-order valence-electron chi connectivity index (χ2n) is 3.55. The van der Waals surface area contributed by atoms with Crippen LogP contribution >= 0.6 is 0 Å². The van der Waals surface area contributed by atoms with Gasteiger partial charge in [-0.3, -0.25) is 0 Å². The molecule has 0 aliphatic rings. The van der Waals surface area contributed by atoms with Crippen LogP contribution in [-0.2, 0) is 10.0 Å². The predicted octanol–water partition coefficient (Wildman–Crippen LogP) is 0.371. The zero-order chi connectivity index (χ0) is 13.8. The third-order valence-electron chi connectivity index (χ3n) is 2.21. The Kier molecular flexibility index (Phi) is 4.88. The van der Waals surface area contributed by atoms with E-state index in [4.69, 9.17) is 14.6 Å². The Morgan fingerprint density at radius 2 is 2.06 bits per heavy atom. The average molecular weight is 277 g/mol. The summed E-state index contributed by atoms with van der Waals surface area (Å²) in [7, 11) is -3.89. The minimum atomic E-state index is -3.89. The number of carboxylic acids is 1. The number of sulfonamides is 1. The summed E-state index contributed by atoms with van der Waals surface area (Å²) in [5.74, 6) is -1.77. The van der Waals surface area contributed by atoms with Crippen LogP contribution in [0.3, 0.4) is 0 Å². The number of nitrogens with zero attached hydrogens (tertiary/aromatic N) is 1. The number of aliphatic hydroxyl groups excluding tert-OH is 1. The van der Waals surface area contributed by atoms with Gasteiger partial charge in [0.1, 0.15) is 0 Å². The van der Waals surface area contributed by atoms with Gasteiger partial charge >= 0.3 is 5.97 Å². The van der Waals surface area contributed by atoms with Crippen molar-refractivity contribution in [3.05, 3.63) is 17.9 Å². The quantitative estimate of drug-likeness (QED) is 0.745. The standard InChI is InChI=1S/C10H15NO6S/c1-2-5-11(6-7-12)18(15,16)9-4-3-8(17-9)10(13)14/h3-4,12H,2,5-7H2,1H3,(H,13,14). The van der Waals surface area contributed by atoms with Gasteiger partial charge in [-0.1, -0.05) is 6.92 Å². The van der Waals surface area contributed by atoms with Crippen molar-refractivity contribution in [3.8, 4) is 0 Å². The van der Waals surface area contributed by atoms with Crippen molar-refractivity contribution in [3.63, 3.8) is 0 Å². The number of carboxylic acid groups (broad SMARTS) is 1. The van der Waals surface area contributed by atoms with Gasteiger partial charge in [0.15, 0.2) is 0 Å². The van der Waals surface area contributed by atoms with Crippen LogP contribution in [0.15, 0.2) is 21.6 Å². The van der Waals surface area contributed by atoms with Crippen molar-refractivity contribution in [1.29, 1.82) is 0 Å². The summed E-state index contributed by atoms with van der Waals surface area (Å²) in [4.78, 5) is 10.6. The summed E-state index contributed by atoms with van der Waals surface area (Å²) in [6.07, 6.45) is 0.575. The Balaban J connectivity index is 3.05. The Bertz CT molecular complexity index is 500. The fraction of sp³-hybridized carbons (Fsp3) is 0.500. The molecule has 0 amide bonds. The van der Waals surface area contributed by atoms with Gasteiger partial charge in [-0.2, -0.15) is 4.31 Å². The van der Waals surface area contributed by atoms with E-state index in [1.54, 1.807) is 6.92 Å². The van der Waals surface area contributed by atoms with Crippen LogP contribution in [0, 0.1) is 0 Å². The Hall–Kier alpha value is -1.38. The SMILES string of the molecule is CCCN(CCO)S(=O)(=O)c1ccc(C(=O)O)o1. The maximum atomic E-state index is 12.1. The highest BCUT2D eigenvalue weighted by Crippen LogP contribution is 2.19. The molecule has 8 heteroatoms. The fourth-order valence-corrected chi connectivity index (χ4v) is 2.85. The maximum Gasteiger partial charge on any atom is 0.371 e. The molecule has 0 aliphatic carbocycles. The lowest BCUT2D eigenvalue weighted by atomic mass is 10.5. The first kappa shape index (κ1) is 14.7. The molecule has 0 aliphatic heterocycles. The minimum absolute atomic E-state index is 0.0563. The molecule has 0 saturated heterocycles. The van der Waals surface area contributed by atoms with Crippen LogP contribution < -0.4 is 0 Å². The molecule has 1 heterocycles. The zero-order valence-corrected chi connectivity index (χ0v) is 10.7. The Labute approximate surface area is 105 Å². The highest BCUT2D eigenvalue weighted by molar-refractivity contribution is 7.89. The first-order valence-electron chi connectivity index (χ1n) is 5.37. The van der Waals surface area contributed by atoms with Crippen molar-refractivity contribution < 1.29 is 27.8 Å². The van der Waals surface area contributed by atoms with Crippen LogP contribution in [-0.4, -0.2) is 48.6 Å². The first-order chi connectivity index (χ1) is 8.43. The van der Waals surface area contributed by atoms with Gasteiger partial charge in [0.05, 0.1) is 6.61 Å². The summed E-state index contributed by atoms with van der Waals surface area (Å²) in [6, 6.07) is 2.18. The van der Waals surface area contributed by atoms with Gasteiger partial charge in [-0.15, -0.1) is 0 Å². The molecular formula is C10H15NO6S. The molecule has 0 saturated carbocycles. The van der Waals surface area contributed by atoms with E-state index >= 15 is 0 Å². The number of aromatic carboxylic acids is 1. The van der Waals surface area contributed by atoms with E-state index in [0.29, 0.717) is 6.42 Å². The van der Waals surface area contributed by atoms with Crippen molar-refractivity contribution in [2.24, 2.45) is 0 Å². The van der Waals surface area contributed by atoms with Gasteiger partial charge in [0, 0.05) is 13.1 Å². The molecule has 18 heavy (non-hydrogen) atoms. The second-order valence-corrected chi connectivity index (χ2v) is 5.42. The van der Waals surface area contributed by atoms with Crippen LogP contribution in [0.1, 0.15) is 23.9 Å². The fourth-order valence-electron chi connectivity index (χ4n) is 1.41. The van der Waals surface area contributed by atoms with Gasteiger partial charge < -0.3 is 14.6 Å². The monoisotopic (exact) mass is 277 g/mol. The molecule has 7 nitrogen and oxygen atoms in total. The number of carbonyl (C=O) groups is 1. The molecule has 0 spiro atoms. The molecule has 0 radical (unpaired) electrons. The molecule has 102 valence electrons.